The molecule has 2 aromatic rings. The highest BCUT2D eigenvalue weighted by atomic mass is 16.5. The fraction of sp³-hybridized carbons (Fsp3) is 0.412. The van der Waals surface area contributed by atoms with Crippen LogP contribution < -0.4 is 0 Å². The van der Waals surface area contributed by atoms with Crippen molar-refractivity contribution in [2.45, 2.75) is 39.3 Å². The second-order valence-electron chi connectivity index (χ2n) is 5.77. The standard InChI is InChI=1S/C17H22N2O3/c1-5-22-16(20)14-15(13-9-7-6-8-10-13)19(11-18-14)12(2)17(3,4)21/h6-12,21H,5H2,1-4H3/t12-/m0/s1. The van der Waals surface area contributed by atoms with E-state index in [1.54, 1.807) is 27.1 Å². The van der Waals surface area contributed by atoms with E-state index in [9.17, 15) is 9.90 Å². The van der Waals surface area contributed by atoms with Gasteiger partial charge in [0.2, 0.25) is 0 Å². The van der Waals surface area contributed by atoms with Gasteiger partial charge in [-0.1, -0.05) is 30.3 Å². The zero-order valence-corrected chi connectivity index (χ0v) is 13.4. The monoisotopic (exact) mass is 302 g/mol. The Kier molecular flexibility index (Phi) is 4.66. The van der Waals surface area contributed by atoms with Crippen molar-refractivity contribution in [3.8, 4) is 11.3 Å². The Morgan fingerprint density at radius 2 is 2.00 bits per heavy atom. The number of esters is 1. The average Bonchev–Trinajstić information content (AvgIpc) is 2.91. The minimum atomic E-state index is -0.948. The number of benzene rings is 1. The summed E-state index contributed by atoms with van der Waals surface area (Å²) < 4.78 is 6.91. The largest absolute Gasteiger partial charge is 0.461 e. The molecule has 0 radical (unpaired) electrons. The molecule has 1 heterocycles. The van der Waals surface area contributed by atoms with Crippen LogP contribution >= 0.6 is 0 Å². The maximum absolute atomic E-state index is 12.2. The summed E-state index contributed by atoms with van der Waals surface area (Å²) in [6.07, 6.45) is 1.58. The quantitative estimate of drug-likeness (QED) is 0.862. The average molecular weight is 302 g/mol. The summed E-state index contributed by atoms with van der Waals surface area (Å²) in [7, 11) is 0. The first-order valence-corrected chi connectivity index (χ1v) is 7.38. The summed E-state index contributed by atoms with van der Waals surface area (Å²) in [5, 5.41) is 10.3. The van der Waals surface area contributed by atoms with Crippen molar-refractivity contribution in [2.24, 2.45) is 0 Å². The molecule has 118 valence electrons. The maximum Gasteiger partial charge on any atom is 0.359 e. The van der Waals surface area contributed by atoms with Crippen molar-refractivity contribution >= 4 is 5.97 Å². The predicted molar refractivity (Wildman–Crippen MR) is 84.6 cm³/mol. The number of aliphatic hydroxyl groups is 1. The minimum Gasteiger partial charge on any atom is -0.461 e. The van der Waals surface area contributed by atoms with Crippen LogP contribution in [0.15, 0.2) is 36.7 Å². The van der Waals surface area contributed by atoms with Crippen LogP contribution in [0.4, 0.5) is 0 Å². The third-order valence-corrected chi connectivity index (χ3v) is 3.75. The van der Waals surface area contributed by atoms with Gasteiger partial charge in [-0.25, -0.2) is 9.78 Å². The summed E-state index contributed by atoms with van der Waals surface area (Å²) in [5.74, 6) is -0.456. The van der Waals surface area contributed by atoms with Gasteiger partial charge >= 0.3 is 5.97 Å². The van der Waals surface area contributed by atoms with Gasteiger partial charge in [0.05, 0.1) is 30.3 Å². The van der Waals surface area contributed by atoms with Gasteiger partial charge in [-0.3, -0.25) is 0 Å². The van der Waals surface area contributed by atoms with E-state index >= 15 is 0 Å². The van der Waals surface area contributed by atoms with Crippen LogP contribution in [0.5, 0.6) is 0 Å². The van der Waals surface area contributed by atoms with E-state index in [0.29, 0.717) is 12.3 Å². The number of hydrogen-bond donors (Lipinski definition) is 1. The third kappa shape index (κ3) is 3.20. The van der Waals surface area contributed by atoms with Crippen molar-refractivity contribution in [1.29, 1.82) is 0 Å². The molecule has 1 aromatic heterocycles. The summed E-state index contributed by atoms with van der Waals surface area (Å²) in [6.45, 7) is 7.41. The molecule has 1 atom stereocenters. The first kappa shape index (κ1) is 16.2. The lowest BCUT2D eigenvalue weighted by molar-refractivity contribution is 0.0309. The summed E-state index contributed by atoms with van der Waals surface area (Å²) in [6, 6.07) is 9.28. The van der Waals surface area contributed by atoms with Gasteiger partial charge in [0.25, 0.3) is 0 Å². The number of aromatic nitrogens is 2. The van der Waals surface area contributed by atoms with Gasteiger partial charge in [0.1, 0.15) is 0 Å². The molecule has 0 aliphatic carbocycles. The molecule has 0 bridgehead atoms. The fourth-order valence-electron chi connectivity index (χ4n) is 2.23. The molecule has 0 amide bonds. The highest BCUT2D eigenvalue weighted by Crippen LogP contribution is 2.31. The van der Waals surface area contributed by atoms with Crippen molar-refractivity contribution in [2.75, 3.05) is 6.61 Å². The summed E-state index contributed by atoms with van der Waals surface area (Å²) in [5.41, 5.74) is 0.841. The molecule has 1 aromatic carbocycles. The Balaban J connectivity index is 2.59. The van der Waals surface area contributed by atoms with E-state index in [-0.39, 0.29) is 11.7 Å². The molecular formula is C17H22N2O3. The Morgan fingerprint density at radius 3 is 2.55 bits per heavy atom. The van der Waals surface area contributed by atoms with Crippen molar-refractivity contribution in [3.63, 3.8) is 0 Å². The molecule has 5 nitrogen and oxygen atoms in total. The molecule has 0 saturated carbocycles. The number of carbonyl (C=O) groups is 1. The van der Waals surface area contributed by atoms with E-state index in [1.807, 2.05) is 41.8 Å². The van der Waals surface area contributed by atoms with Gasteiger partial charge in [0.15, 0.2) is 5.69 Å². The lowest BCUT2D eigenvalue weighted by Gasteiger charge is -2.28. The van der Waals surface area contributed by atoms with Crippen molar-refractivity contribution < 1.29 is 14.6 Å². The van der Waals surface area contributed by atoms with Crippen molar-refractivity contribution in [3.05, 3.63) is 42.4 Å². The van der Waals surface area contributed by atoms with Gasteiger partial charge in [-0.2, -0.15) is 0 Å². The zero-order valence-electron chi connectivity index (χ0n) is 13.4. The molecule has 1 N–H and O–H groups in total. The number of nitrogens with zero attached hydrogens (tertiary/aromatic N) is 2. The lowest BCUT2D eigenvalue weighted by Crippen LogP contribution is -2.31. The predicted octanol–water partition coefficient (Wildman–Crippen LogP) is 3.06. The van der Waals surface area contributed by atoms with Crippen LogP contribution in [0.1, 0.15) is 44.2 Å². The van der Waals surface area contributed by atoms with E-state index in [4.69, 9.17) is 4.74 Å². The second-order valence-corrected chi connectivity index (χ2v) is 5.77. The van der Waals surface area contributed by atoms with Crippen LogP contribution in [-0.4, -0.2) is 32.8 Å². The van der Waals surface area contributed by atoms with Gasteiger partial charge in [0, 0.05) is 5.56 Å². The normalized spacial score (nSPS) is 13.0. The fourth-order valence-corrected chi connectivity index (χ4v) is 2.23. The minimum absolute atomic E-state index is 0.251. The van der Waals surface area contributed by atoms with Crippen LogP contribution in [0.3, 0.4) is 0 Å². The van der Waals surface area contributed by atoms with Gasteiger partial charge in [-0.15, -0.1) is 0 Å². The molecular weight excluding hydrogens is 280 g/mol. The molecule has 0 unspecified atom stereocenters. The SMILES string of the molecule is CCOC(=O)c1ncn([C@@H](C)C(C)(C)O)c1-c1ccccc1. The van der Waals surface area contributed by atoms with E-state index < -0.39 is 11.6 Å². The molecule has 0 saturated heterocycles. The Morgan fingerprint density at radius 1 is 1.36 bits per heavy atom. The summed E-state index contributed by atoms with van der Waals surface area (Å²) >= 11 is 0. The van der Waals surface area contributed by atoms with Crippen LogP contribution in [0.2, 0.25) is 0 Å². The highest BCUT2D eigenvalue weighted by molar-refractivity contribution is 5.94. The topological polar surface area (TPSA) is 64.3 Å². The van der Waals surface area contributed by atoms with E-state index in [1.165, 1.54) is 0 Å². The molecule has 0 fully saturated rings. The second kappa shape index (κ2) is 6.32. The number of ether oxygens (including phenoxy) is 1. The molecule has 2 rings (SSSR count). The molecule has 0 aliphatic heterocycles. The molecule has 0 spiro atoms. The van der Waals surface area contributed by atoms with Crippen LogP contribution in [0, 0.1) is 0 Å². The van der Waals surface area contributed by atoms with Crippen LogP contribution in [0.25, 0.3) is 11.3 Å². The molecule has 5 heteroatoms. The highest BCUT2D eigenvalue weighted by Gasteiger charge is 2.29. The zero-order chi connectivity index (χ0) is 16.3. The van der Waals surface area contributed by atoms with E-state index in [0.717, 1.165) is 5.56 Å². The Labute approximate surface area is 130 Å². The molecule has 0 aliphatic rings. The lowest BCUT2D eigenvalue weighted by atomic mass is 9.99. The smallest absolute Gasteiger partial charge is 0.359 e. The van der Waals surface area contributed by atoms with Crippen molar-refractivity contribution in [1.82, 2.24) is 9.55 Å². The van der Waals surface area contributed by atoms with Gasteiger partial charge in [-0.05, 0) is 27.7 Å². The number of imidazole rings is 1. The van der Waals surface area contributed by atoms with Gasteiger partial charge < -0.3 is 14.4 Å². The summed E-state index contributed by atoms with van der Waals surface area (Å²) in [4.78, 5) is 16.4. The first-order valence-electron chi connectivity index (χ1n) is 7.38. The number of carbonyl (C=O) groups excluding carboxylic acids is 1. The Hall–Kier alpha value is -2.14. The van der Waals surface area contributed by atoms with E-state index in [2.05, 4.69) is 4.98 Å². The Bertz CT molecular complexity index is 642. The maximum atomic E-state index is 12.2. The number of rotatable bonds is 5. The van der Waals surface area contributed by atoms with Crippen LogP contribution in [-0.2, 0) is 4.74 Å². The molecule has 22 heavy (non-hydrogen) atoms. The first-order chi connectivity index (χ1) is 10.4. The third-order valence-electron chi connectivity index (χ3n) is 3.75. The number of hydrogen-bond acceptors (Lipinski definition) is 4.